The van der Waals surface area contributed by atoms with Crippen molar-refractivity contribution in [3.63, 3.8) is 0 Å². The molecule has 9 heteroatoms. The molecule has 0 bridgehead atoms. The first-order chi connectivity index (χ1) is 10.3. The van der Waals surface area contributed by atoms with Gasteiger partial charge >= 0.3 is 6.18 Å². The number of hydrogen-bond acceptors (Lipinski definition) is 5. The fourth-order valence-electron chi connectivity index (χ4n) is 3.14. The van der Waals surface area contributed by atoms with E-state index in [4.69, 9.17) is 10.3 Å². The molecule has 2 heterocycles. The Kier molecular flexibility index (Phi) is 3.62. The Morgan fingerprint density at radius 1 is 1.36 bits per heavy atom. The smallest absolute Gasteiger partial charge is 0.339 e. The molecule has 1 aromatic rings. The van der Waals surface area contributed by atoms with Gasteiger partial charge in [0.25, 0.3) is 0 Å². The molecule has 3 rings (SSSR count). The van der Waals surface area contributed by atoms with Crippen LogP contribution in [0.15, 0.2) is 4.52 Å². The summed E-state index contributed by atoms with van der Waals surface area (Å²) in [6, 6.07) is 0. The van der Waals surface area contributed by atoms with E-state index in [-0.39, 0.29) is 18.9 Å². The van der Waals surface area contributed by atoms with Gasteiger partial charge in [-0.1, -0.05) is 18.0 Å². The van der Waals surface area contributed by atoms with Crippen LogP contribution in [-0.4, -0.2) is 40.2 Å². The van der Waals surface area contributed by atoms with Crippen molar-refractivity contribution in [1.82, 2.24) is 15.0 Å². The highest BCUT2D eigenvalue weighted by Crippen LogP contribution is 2.36. The van der Waals surface area contributed by atoms with Crippen LogP contribution in [0.3, 0.4) is 0 Å². The Balaban J connectivity index is 1.71. The SMILES string of the molecule is NC1(c2noc(C3CC(=O)N(CC(F)(F)F)C3)n2)CCCC1. The molecule has 122 valence electrons. The molecule has 2 N–H and O–H groups in total. The van der Waals surface area contributed by atoms with Crippen molar-refractivity contribution in [1.29, 1.82) is 0 Å². The van der Waals surface area contributed by atoms with E-state index >= 15 is 0 Å². The summed E-state index contributed by atoms with van der Waals surface area (Å²) in [6.45, 7) is -1.30. The standard InChI is InChI=1S/C13H17F3N4O2/c14-13(15,16)7-20-6-8(5-9(20)21)10-18-11(19-22-10)12(17)3-1-2-4-12/h8H,1-7,17H2. The van der Waals surface area contributed by atoms with Gasteiger partial charge in [0.15, 0.2) is 5.82 Å². The number of halogens is 3. The number of nitrogens with two attached hydrogens (primary N) is 1. The maximum Gasteiger partial charge on any atom is 0.406 e. The fourth-order valence-corrected chi connectivity index (χ4v) is 3.14. The number of carbonyl (C=O) groups is 1. The minimum absolute atomic E-state index is 0.0463. The summed E-state index contributed by atoms with van der Waals surface area (Å²) in [5.41, 5.74) is 5.60. The second kappa shape index (κ2) is 5.22. The van der Waals surface area contributed by atoms with Gasteiger partial charge in [-0.15, -0.1) is 0 Å². The maximum absolute atomic E-state index is 12.4. The number of nitrogens with zero attached hydrogens (tertiary/aromatic N) is 3. The molecule has 1 aliphatic carbocycles. The molecule has 1 saturated carbocycles. The Labute approximate surface area is 124 Å². The summed E-state index contributed by atoms with van der Waals surface area (Å²) < 4.78 is 42.4. The predicted octanol–water partition coefficient (Wildman–Crippen LogP) is 1.68. The Morgan fingerprint density at radius 3 is 2.68 bits per heavy atom. The zero-order valence-electron chi connectivity index (χ0n) is 11.9. The molecule has 1 aliphatic heterocycles. The third-order valence-electron chi connectivity index (χ3n) is 4.32. The molecule has 1 aromatic heterocycles. The molecule has 2 aliphatic rings. The van der Waals surface area contributed by atoms with Gasteiger partial charge in [-0.3, -0.25) is 4.79 Å². The first-order valence-corrected chi connectivity index (χ1v) is 7.24. The molecule has 0 radical (unpaired) electrons. The molecule has 1 amide bonds. The highest BCUT2D eigenvalue weighted by molar-refractivity contribution is 5.79. The first-order valence-electron chi connectivity index (χ1n) is 7.24. The maximum atomic E-state index is 12.4. The van der Waals surface area contributed by atoms with Crippen LogP contribution in [-0.2, 0) is 10.3 Å². The number of rotatable bonds is 3. The lowest BCUT2D eigenvalue weighted by Crippen LogP contribution is -2.35. The van der Waals surface area contributed by atoms with E-state index < -0.39 is 30.1 Å². The molecule has 0 spiro atoms. The topological polar surface area (TPSA) is 85.2 Å². The average Bonchev–Trinajstić information content (AvgIpc) is 3.09. The lowest BCUT2D eigenvalue weighted by atomic mass is 9.98. The van der Waals surface area contributed by atoms with Crippen LogP contribution < -0.4 is 5.73 Å². The van der Waals surface area contributed by atoms with Crippen molar-refractivity contribution in [2.24, 2.45) is 5.73 Å². The summed E-state index contributed by atoms with van der Waals surface area (Å²) in [6.07, 6.45) is -0.958. The number of likely N-dealkylation sites (tertiary alicyclic amines) is 1. The van der Waals surface area contributed by atoms with E-state index in [1.807, 2.05) is 0 Å². The highest BCUT2D eigenvalue weighted by atomic mass is 19.4. The summed E-state index contributed by atoms with van der Waals surface area (Å²) >= 11 is 0. The predicted molar refractivity (Wildman–Crippen MR) is 68.6 cm³/mol. The Bertz CT molecular complexity index is 566. The van der Waals surface area contributed by atoms with E-state index in [0.29, 0.717) is 5.82 Å². The second-order valence-electron chi connectivity index (χ2n) is 6.11. The Morgan fingerprint density at radius 2 is 2.05 bits per heavy atom. The van der Waals surface area contributed by atoms with Gasteiger partial charge in [-0.2, -0.15) is 18.2 Å². The molecular weight excluding hydrogens is 301 g/mol. The van der Waals surface area contributed by atoms with Crippen molar-refractivity contribution >= 4 is 5.91 Å². The zero-order chi connectivity index (χ0) is 16.0. The van der Waals surface area contributed by atoms with Crippen molar-refractivity contribution in [2.75, 3.05) is 13.1 Å². The number of hydrogen-bond donors (Lipinski definition) is 1. The summed E-state index contributed by atoms with van der Waals surface area (Å²) in [7, 11) is 0. The van der Waals surface area contributed by atoms with Gasteiger partial charge in [-0.25, -0.2) is 0 Å². The van der Waals surface area contributed by atoms with Crippen molar-refractivity contribution in [2.45, 2.75) is 49.7 Å². The number of amides is 1. The lowest BCUT2D eigenvalue weighted by molar-refractivity contribution is -0.157. The highest BCUT2D eigenvalue weighted by Gasteiger charge is 2.42. The first kappa shape index (κ1) is 15.3. The van der Waals surface area contributed by atoms with Crippen molar-refractivity contribution in [3.8, 4) is 0 Å². The second-order valence-corrected chi connectivity index (χ2v) is 6.11. The number of carbonyl (C=O) groups excluding carboxylic acids is 1. The van der Waals surface area contributed by atoms with Gasteiger partial charge in [-0.05, 0) is 12.8 Å². The molecule has 0 aromatic carbocycles. The summed E-state index contributed by atoms with van der Waals surface area (Å²) in [4.78, 5) is 16.7. The Hall–Kier alpha value is -1.64. The minimum Gasteiger partial charge on any atom is -0.339 e. The molecule has 2 fully saturated rings. The van der Waals surface area contributed by atoms with Gasteiger partial charge < -0.3 is 15.2 Å². The number of alkyl halides is 3. The fraction of sp³-hybridized carbons (Fsp3) is 0.769. The van der Waals surface area contributed by atoms with Crippen molar-refractivity contribution in [3.05, 3.63) is 11.7 Å². The third kappa shape index (κ3) is 2.94. The van der Waals surface area contributed by atoms with Crippen LogP contribution in [0.25, 0.3) is 0 Å². The van der Waals surface area contributed by atoms with Gasteiger partial charge in [0.1, 0.15) is 6.54 Å². The van der Waals surface area contributed by atoms with Crippen LogP contribution in [0.4, 0.5) is 13.2 Å². The minimum atomic E-state index is -4.41. The molecule has 1 atom stereocenters. The quantitative estimate of drug-likeness (QED) is 0.916. The number of aromatic nitrogens is 2. The van der Waals surface area contributed by atoms with Gasteiger partial charge in [0.2, 0.25) is 11.8 Å². The molecule has 1 unspecified atom stereocenters. The van der Waals surface area contributed by atoms with Crippen LogP contribution in [0.1, 0.15) is 49.7 Å². The molecule has 6 nitrogen and oxygen atoms in total. The van der Waals surface area contributed by atoms with Crippen LogP contribution in [0.5, 0.6) is 0 Å². The summed E-state index contributed by atoms with van der Waals surface area (Å²) in [5.74, 6) is -0.460. The van der Waals surface area contributed by atoms with E-state index in [9.17, 15) is 18.0 Å². The monoisotopic (exact) mass is 318 g/mol. The zero-order valence-corrected chi connectivity index (χ0v) is 11.9. The van der Waals surface area contributed by atoms with Gasteiger partial charge in [0, 0.05) is 13.0 Å². The average molecular weight is 318 g/mol. The summed E-state index contributed by atoms with van der Waals surface area (Å²) in [5, 5.41) is 3.88. The van der Waals surface area contributed by atoms with E-state index in [1.165, 1.54) is 0 Å². The van der Waals surface area contributed by atoms with Crippen molar-refractivity contribution < 1.29 is 22.5 Å². The van der Waals surface area contributed by atoms with Crippen LogP contribution in [0, 0.1) is 0 Å². The molecule has 22 heavy (non-hydrogen) atoms. The third-order valence-corrected chi connectivity index (χ3v) is 4.32. The van der Waals surface area contributed by atoms with Crippen LogP contribution in [0.2, 0.25) is 0 Å². The van der Waals surface area contributed by atoms with E-state index in [0.717, 1.165) is 30.6 Å². The largest absolute Gasteiger partial charge is 0.406 e. The van der Waals surface area contributed by atoms with Crippen LogP contribution >= 0.6 is 0 Å². The molecular formula is C13H17F3N4O2. The molecule has 1 saturated heterocycles. The lowest BCUT2D eigenvalue weighted by Gasteiger charge is -2.18. The van der Waals surface area contributed by atoms with Gasteiger partial charge in [0.05, 0.1) is 11.5 Å². The van der Waals surface area contributed by atoms with E-state index in [1.54, 1.807) is 0 Å². The van der Waals surface area contributed by atoms with E-state index in [2.05, 4.69) is 10.1 Å². The normalized spacial score (nSPS) is 25.2.